The van der Waals surface area contributed by atoms with Crippen LogP contribution in [0.25, 0.3) is 0 Å². The molecule has 1 unspecified atom stereocenters. The highest BCUT2D eigenvalue weighted by molar-refractivity contribution is 6.01. The van der Waals surface area contributed by atoms with Gasteiger partial charge in [0.15, 0.2) is 0 Å². The topological polar surface area (TPSA) is 71.1 Å². The van der Waals surface area contributed by atoms with Crippen molar-refractivity contribution in [3.63, 3.8) is 0 Å². The van der Waals surface area contributed by atoms with Crippen molar-refractivity contribution in [1.29, 1.82) is 0 Å². The van der Waals surface area contributed by atoms with Gasteiger partial charge in [-0.25, -0.2) is 0 Å². The van der Waals surface area contributed by atoms with Gasteiger partial charge in [-0.1, -0.05) is 6.58 Å². The second-order valence-corrected chi connectivity index (χ2v) is 9.69. The third-order valence-corrected chi connectivity index (χ3v) is 7.55. The minimum Gasteiger partial charge on any atom is -0.489 e. The van der Waals surface area contributed by atoms with Gasteiger partial charge in [0.2, 0.25) is 5.91 Å². The summed E-state index contributed by atoms with van der Waals surface area (Å²) in [6, 6.07) is 5.32. The molecule has 3 heterocycles. The number of likely N-dealkylation sites (tertiary alicyclic amines) is 1. The zero-order valence-electron chi connectivity index (χ0n) is 19.2. The molecule has 4 aliphatic rings. The Hall–Kier alpha value is -2.52. The Labute approximate surface area is 198 Å². The van der Waals surface area contributed by atoms with Crippen LogP contribution < -0.4 is 10.1 Å². The van der Waals surface area contributed by atoms with E-state index in [1.165, 1.54) is 0 Å². The lowest BCUT2D eigenvalue weighted by Gasteiger charge is -2.38. The summed E-state index contributed by atoms with van der Waals surface area (Å²) in [5, 5.41) is 2.76. The predicted molar refractivity (Wildman–Crippen MR) is 120 cm³/mol. The van der Waals surface area contributed by atoms with E-state index in [2.05, 4.69) is 21.5 Å². The molecule has 5 rings (SSSR count). The van der Waals surface area contributed by atoms with Gasteiger partial charge in [-0.05, 0) is 68.7 Å². The molecule has 3 aliphatic heterocycles. The maximum Gasteiger partial charge on any atom is 0.345 e. The van der Waals surface area contributed by atoms with Crippen molar-refractivity contribution in [1.82, 2.24) is 15.1 Å². The highest BCUT2D eigenvalue weighted by Crippen LogP contribution is 2.34. The van der Waals surface area contributed by atoms with E-state index >= 15 is 0 Å². The molecule has 9 heteroatoms. The zero-order chi connectivity index (χ0) is 23.8. The molecule has 0 aromatic heterocycles. The number of piperidine rings is 2. The summed E-state index contributed by atoms with van der Waals surface area (Å²) in [5.74, 6) is 0.426. The molecule has 184 valence electrons. The lowest BCUT2D eigenvalue weighted by molar-refractivity contribution is -0.174. The number of amides is 2. The largest absolute Gasteiger partial charge is 0.489 e. The van der Waals surface area contributed by atoms with Gasteiger partial charge in [0.25, 0.3) is 5.91 Å². The van der Waals surface area contributed by atoms with Gasteiger partial charge in [0, 0.05) is 36.9 Å². The van der Waals surface area contributed by atoms with E-state index in [9.17, 15) is 18.4 Å². The van der Waals surface area contributed by atoms with Crippen molar-refractivity contribution in [2.24, 2.45) is 0 Å². The van der Waals surface area contributed by atoms with E-state index in [1.54, 1.807) is 11.0 Å². The molecule has 3 atom stereocenters. The Bertz CT molecular complexity index is 963. The molecule has 0 spiro atoms. The summed E-state index contributed by atoms with van der Waals surface area (Å²) in [6.07, 6.45) is 5.11. The average Bonchev–Trinajstić information content (AvgIpc) is 3.38. The molecule has 0 radical (unpaired) electrons. The molecule has 0 bridgehead atoms. The van der Waals surface area contributed by atoms with Crippen LogP contribution in [0.1, 0.15) is 60.9 Å². The third-order valence-electron chi connectivity index (χ3n) is 7.55. The number of nitrogens with one attached hydrogen (secondary N) is 1. The molecule has 1 aromatic carbocycles. The van der Waals surface area contributed by atoms with Crippen LogP contribution in [0.4, 0.5) is 8.78 Å². The summed E-state index contributed by atoms with van der Waals surface area (Å²) in [7, 11) is 0. The average molecular weight is 476 g/mol. The number of allylic oxidation sites excluding steroid dienone is 1. The van der Waals surface area contributed by atoms with Crippen LogP contribution in [-0.4, -0.2) is 65.6 Å². The molecule has 2 saturated heterocycles. The number of hydrogen-bond acceptors (Lipinski definition) is 5. The minimum atomic E-state index is -2.71. The molecule has 1 aliphatic carbocycles. The molecule has 1 N–H and O–H groups in total. The van der Waals surface area contributed by atoms with E-state index in [1.807, 2.05) is 12.1 Å². The molecule has 3 fully saturated rings. The van der Waals surface area contributed by atoms with Crippen molar-refractivity contribution < 1.29 is 27.8 Å². The van der Waals surface area contributed by atoms with Gasteiger partial charge in [0.1, 0.15) is 17.9 Å². The molecular formula is C25H31F2N3O4. The number of fused-ring (bicyclic) bond motifs is 1. The predicted octanol–water partition coefficient (Wildman–Crippen LogP) is 3.44. The van der Waals surface area contributed by atoms with Crippen molar-refractivity contribution in [3.05, 3.63) is 41.6 Å². The van der Waals surface area contributed by atoms with Crippen LogP contribution in [0.3, 0.4) is 0 Å². The number of ether oxygens (including phenoxy) is 2. The first-order chi connectivity index (χ1) is 16.4. The van der Waals surface area contributed by atoms with E-state index in [-0.39, 0.29) is 30.1 Å². The smallest absolute Gasteiger partial charge is 0.345 e. The Morgan fingerprint density at radius 3 is 2.62 bits per heavy atom. The van der Waals surface area contributed by atoms with Gasteiger partial charge in [0.05, 0.1) is 6.10 Å². The first kappa shape index (κ1) is 23.2. The number of rotatable bonds is 6. The number of nitrogens with zero attached hydrogens (tertiary/aromatic N) is 2. The maximum absolute atomic E-state index is 12.9. The van der Waals surface area contributed by atoms with Crippen LogP contribution in [0.15, 0.2) is 30.5 Å². The fourth-order valence-corrected chi connectivity index (χ4v) is 5.83. The molecular weight excluding hydrogens is 444 g/mol. The first-order valence-corrected chi connectivity index (χ1v) is 12.2. The fourth-order valence-electron chi connectivity index (χ4n) is 5.83. The fraction of sp³-hybridized carbons (Fsp3) is 0.600. The molecule has 2 amide bonds. The standard InChI is InChI=1S/C25H31F2N3O4/c1-15-5-8-21(23(31)28-15)30-14-16-13-18(6-7-19(16)24(30)32)33-22-4-2-3-20(22)29-11-9-17(10-12-29)34-25(26)27/h6-7,13,17,20-22,25H,1-5,8-12,14H2,(H,28,31)/t20-,21?,22+/m0/s1. The van der Waals surface area contributed by atoms with E-state index in [0.29, 0.717) is 43.5 Å². The Morgan fingerprint density at radius 1 is 1.09 bits per heavy atom. The summed E-state index contributed by atoms with van der Waals surface area (Å²) in [6.45, 7) is 2.94. The number of benzene rings is 1. The summed E-state index contributed by atoms with van der Waals surface area (Å²) >= 11 is 0. The maximum atomic E-state index is 12.9. The Morgan fingerprint density at radius 2 is 1.88 bits per heavy atom. The summed E-state index contributed by atoms with van der Waals surface area (Å²) in [5.41, 5.74) is 2.19. The normalized spacial score (nSPS) is 28.5. The van der Waals surface area contributed by atoms with Crippen molar-refractivity contribution in [3.8, 4) is 5.75 Å². The number of halogens is 2. The third kappa shape index (κ3) is 4.68. The Kier molecular flexibility index (Phi) is 6.57. The number of carbonyl (C=O) groups excluding carboxylic acids is 2. The summed E-state index contributed by atoms with van der Waals surface area (Å²) < 4.78 is 36.1. The second-order valence-electron chi connectivity index (χ2n) is 9.69. The minimum absolute atomic E-state index is 0.0222. The van der Waals surface area contributed by atoms with E-state index < -0.39 is 12.7 Å². The van der Waals surface area contributed by atoms with Crippen molar-refractivity contribution in [2.75, 3.05) is 13.1 Å². The lowest BCUT2D eigenvalue weighted by Crippen LogP contribution is -2.49. The molecule has 1 saturated carbocycles. The van der Waals surface area contributed by atoms with E-state index in [0.717, 1.165) is 43.7 Å². The summed E-state index contributed by atoms with van der Waals surface area (Å²) in [4.78, 5) is 29.3. The zero-order valence-corrected chi connectivity index (χ0v) is 19.2. The molecule has 1 aromatic rings. The molecule has 34 heavy (non-hydrogen) atoms. The van der Waals surface area contributed by atoms with Gasteiger partial charge >= 0.3 is 6.61 Å². The van der Waals surface area contributed by atoms with Gasteiger partial charge in [-0.3, -0.25) is 14.5 Å². The second kappa shape index (κ2) is 9.62. The van der Waals surface area contributed by atoms with Crippen LogP contribution in [-0.2, 0) is 16.1 Å². The Balaban J connectivity index is 1.22. The highest BCUT2D eigenvalue weighted by atomic mass is 19.3. The number of carbonyl (C=O) groups is 2. The van der Waals surface area contributed by atoms with Gasteiger partial charge in [-0.15, -0.1) is 0 Å². The van der Waals surface area contributed by atoms with Crippen molar-refractivity contribution >= 4 is 11.8 Å². The van der Waals surface area contributed by atoms with Crippen LogP contribution in [0.2, 0.25) is 0 Å². The molecule has 7 nitrogen and oxygen atoms in total. The van der Waals surface area contributed by atoms with Crippen molar-refractivity contribution in [2.45, 2.75) is 82.4 Å². The van der Waals surface area contributed by atoms with E-state index in [4.69, 9.17) is 4.74 Å². The lowest BCUT2D eigenvalue weighted by atomic mass is 10.0. The number of hydrogen-bond donors (Lipinski definition) is 1. The first-order valence-electron chi connectivity index (χ1n) is 12.2. The van der Waals surface area contributed by atoms with Gasteiger partial charge in [-0.2, -0.15) is 8.78 Å². The monoisotopic (exact) mass is 475 g/mol. The SMILES string of the molecule is C=C1CCC(N2Cc3cc(O[C@@H]4CCC[C@@H]4N4CCC(OC(F)F)CC4)ccc3C2=O)C(=O)N1. The van der Waals surface area contributed by atoms with Crippen LogP contribution in [0, 0.1) is 0 Å². The van der Waals surface area contributed by atoms with Gasteiger partial charge < -0.3 is 19.7 Å². The highest BCUT2D eigenvalue weighted by Gasteiger charge is 2.39. The van der Waals surface area contributed by atoms with Crippen LogP contribution >= 0.6 is 0 Å². The number of alkyl halides is 2. The quantitative estimate of drug-likeness (QED) is 0.683. The van der Waals surface area contributed by atoms with Crippen LogP contribution in [0.5, 0.6) is 5.75 Å².